The number of aromatic nitrogens is 4. The Hall–Kier alpha value is -3.61. The first-order valence-corrected chi connectivity index (χ1v) is 8.80. The molecule has 28 heavy (non-hydrogen) atoms. The number of pyridine rings is 1. The summed E-state index contributed by atoms with van der Waals surface area (Å²) >= 11 is 0. The molecule has 0 aliphatic rings. The van der Waals surface area contributed by atoms with Gasteiger partial charge in [-0.25, -0.2) is 19.3 Å². The van der Waals surface area contributed by atoms with E-state index in [2.05, 4.69) is 15.0 Å². The third kappa shape index (κ3) is 3.34. The molecule has 0 aliphatic heterocycles. The van der Waals surface area contributed by atoms with Gasteiger partial charge in [0.2, 0.25) is 0 Å². The van der Waals surface area contributed by atoms with Gasteiger partial charge in [0.25, 0.3) is 5.91 Å². The molecule has 4 rings (SSSR count). The van der Waals surface area contributed by atoms with E-state index in [1.54, 1.807) is 59.1 Å². The van der Waals surface area contributed by atoms with E-state index in [0.29, 0.717) is 16.9 Å². The van der Waals surface area contributed by atoms with Crippen molar-refractivity contribution in [1.29, 1.82) is 0 Å². The van der Waals surface area contributed by atoms with Crippen molar-refractivity contribution in [2.45, 2.75) is 13.0 Å². The second-order valence-electron chi connectivity index (χ2n) is 6.54. The zero-order valence-corrected chi connectivity index (χ0v) is 15.5. The Balaban J connectivity index is 1.62. The fourth-order valence-corrected chi connectivity index (χ4v) is 3.00. The Morgan fingerprint density at radius 2 is 1.89 bits per heavy atom. The first kappa shape index (κ1) is 17.8. The molecule has 3 aromatic heterocycles. The highest BCUT2D eigenvalue weighted by atomic mass is 19.1. The molecule has 1 amide bonds. The Morgan fingerprint density at radius 1 is 1.11 bits per heavy atom. The highest BCUT2D eigenvalue weighted by molar-refractivity contribution is 5.94. The highest BCUT2D eigenvalue weighted by Crippen LogP contribution is 2.22. The van der Waals surface area contributed by atoms with Gasteiger partial charge in [0.1, 0.15) is 17.8 Å². The van der Waals surface area contributed by atoms with Crippen LogP contribution in [0.15, 0.2) is 67.4 Å². The highest BCUT2D eigenvalue weighted by Gasteiger charge is 2.20. The number of imidazole rings is 1. The summed E-state index contributed by atoms with van der Waals surface area (Å²) in [6, 6.07) is 11.3. The van der Waals surface area contributed by atoms with Gasteiger partial charge >= 0.3 is 0 Å². The van der Waals surface area contributed by atoms with Gasteiger partial charge in [-0.3, -0.25) is 4.79 Å². The SMILES string of the molecule is C[C@H](c1ccncn1)N(C)C(=O)c1ccc2nc(-c3ccc(F)cc3)cn2c1. The van der Waals surface area contributed by atoms with Gasteiger partial charge in [0.15, 0.2) is 0 Å². The van der Waals surface area contributed by atoms with E-state index < -0.39 is 0 Å². The molecule has 0 bridgehead atoms. The second-order valence-corrected chi connectivity index (χ2v) is 6.54. The van der Waals surface area contributed by atoms with Crippen LogP contribution in [0.2, 0.25) is 0 Å². The van der Waals surface area contributed by atoms with E-state index >= 15 is 0 Å². The number of hydrogen-bond donors (Lipinski definition) is 0. The lowest BCUT2D eigenvalue weighted by atomic mass is 10.1. The van der Waals surface area contributed by atoms with E-state index in [4.69, 9.17) is 0 Å². The maximum absolute atomic E-state index is 13.1. The van der Waals surface area contributed by atoms with E-state index in [1.807, 2.05) is 13.1 Å². The molecule has 1 atom stereocenters. The monoisotopic (exact) mass is 375 g/mol. The standard InChI is InChI=1S/C21H18FN5O/c1-14(18-9-10-23-13-24-18)26(2)21(28)16-5-8-20-25-19(12-27(20)11-16)15-3-6-17(22)7-4-15/h3-14H,1-2H3/t14-/m1/s1. The maximum atomic E-state index is 13.1. The number of benzene rings is 1. The lowest BCUT2D eigenvalue weighted by molar-refractivity contribution is 0.0739. The fourth-order valence-electron chi connectivity index (χ4n) is 3.00. The van der Waals surface area contributed by atoms with Gasteiger partial charge in [-0.2, -0.15) is 0 Å². The van der Waals surface area contributed by atoms with Crippen molar-refractivity contribution in [1.82, 2.24) is 24.3 Å². The molecule has 0 spiro atoms. The average molecular weight is 375 g/mol. The third-order valence-electron chi connectivity index (χ3n) is 4.77. The number of fused-ring (bicyclic) bond motifs is 1. The lowest BCUT2D eigenvalue weighted by Gasteiger charge is -2.24. The Morgan fingerprint density at radius 3 is 2.61 bits per heavy atom. The lowest BCUT2D eigenvalue weighted by Crippen LogP contribution is -2.30. The first-order chi connectivity index (χ1) is 13.5. The number of amides is 1. The molecule has 0 fully saturated rings. The third-order valence-corrected chi connectivity index (χ3v) is 4.77. The molecule has 0 unspecified atom stereocenters. The molecule has 0 saturated heterocycles. The summed E-state index contributed by atoms with van der Waals surface area (Å²) in [5.74, 6) is -0.411. The second kappa shape index (κ2) is 7.19. The van der Waals surface area contributed by atoms with Gasteiger partial charge in [-0.05, 0) is 49.4 Å². The van der Waals surface area contributed by atoms with Gasteiger partial charge in [-0.1, -0.05) is 0 Å². The molecule has 3 heterocycles. The van der Waals surface area contributed by atoms with Crippen molar-refractivity contribution < 1.29 is 9.18 Å². The van der Waals surface area contributed by atoms with Crippen LogP contribution >= 0.6 is 0 Å². The molecule has 0 saturated carbocycles. The van der Waals surface area contributed by atoms with Gasteiger partial charge in [-0.15, -0.1) is 0 Å². The summed E-state index contributed by atoms with van der Waals surface area (Å²) in [5, 5.41) is 0. The van der Waals surface area contributed by atoms with Crippen LogP contribution in [0.4, 0.5) is 4.39 Å². The number of nitrogens with zero attached hydrogens (tertiary/aromatic N) is 5. The minimum atomic E-state index is -0.291. The average Bonchev–Trinajstić information content (AvgIpc) is 3.16. The molecule has 0 radical (unpaired) electrons. The van der Waals surface area contributed by atoms with Crippen LogP contribution < -0.4 is 0 Å². The molecule has 140 valence electrons. The molecule has 7 heteroatoms. The number of carbonyl (C=O) groups excluding carboxylic acids is 1. The zero-order valence-electron chi connectivity index (χ0n) is 15.5. The van der Waals surface area contributed by atoms with Crippen LogP contribution in [0.1, 0.15) is 29.0 Å². The maximum Gasteiger partial charge on any atom is 0.255 e. The minimum absolute atomic E-state index is 0.120. The van der Waals surface area contributed by atoms with Crippen molar-refractivity contribution in [3.8, 4) is 11.3 Å². The van der Waals surface area contributed by atoms with Gasteiger partial charge in [0.05, 0.1) is 23.0 Å². The number of hydrogen-bond acceptors (Lipinski definition) is 4. The van der Waals surface area contributed by atoms with Crippen molar-refractivity contribution in [3.05, 3.63) is 84.5 Å². The summed E-state index contributed by atoms with van der Waals surface area (Å²) in [6.07, 6.45) is 6.71. The molecule has 4 aromatic rings. The molecule has 6 nitrogen and oxygen atoms in total. The summed E-state index contributed by atoms with van der Waals surface area (Å²) in [7, 11) is 1.75. The van der Waals surface area contributed by atoms with Crippen LogP contribution in [-0.4, -0.2) is 37.2 Å². The van der Waals surface area contributed by atoms with Gasteiger partial charge < -0.3 is 9.30 Å². The molecule has 0 N–H and O–H groups in total. The van der Waals surface area contributed by atoms with Crippen LogP contribution in [0.5, 0.6) is 0 Å². The van der Waals surface area contributed by atoms with Crippen molar-refractivity contribution in [2.24, 2.45) is 0 Å². The summed E-state index contributed by atoms with van der Waals surface area (Å²) < 4.78 is 14.9. The van der Waals surface area contributed by atoms with E-state index in [9.17, 15) is 9.18 Å². The van der Waals surface area contributed by atoms with Crippen molar-refractivity contribution in [3.63, 3.8) is 0 Å². The van der Waals surface area contributed by atoms with Crippen LogP contribution in [-0.2, 0) is 0 Å². The van der Waals surface area contributed by atoms with E-state index in [0.717, 1.165) is 11.3 Å². The number of rotatable bonds is 4. The Bertz CT molecular complexity index is 1120. The van der Waals surface area contributed by atoms with Crippen molar-refractivity contribution >= 4 is 11.6 Å². The topological polar surface area (TPSA) is 63.4 Å². The Labute approximate surface area is 161 Å². The quantitative estimate of drug-likeness (QED) is 0.545. The largest absolute Gasteiger partial charge is 0.333 e. The van der Waals surface area contributed by atoms with Crippen LogP contribution in [0.3, 0.4) is 0 Å². The number of halogens is 1. The normalized spacial score (nSPS) is 12.1. The number of carbonyl (C=O) groups is 1. The summed E-state index contributed by atoms with van der Waals surface area (Å²) in [5.41, 5.74) is 3.55. The minimum Gasteiger partial charge on any atom is -0.333 e. The van der Waals surface area contributed by atoms with Crippen LogP contribution in [0.25, 0.3) is 16.9 Å². The zero-order chi connectivity index (χ0) is 19.7. The fraction of sp³-hybridized carbons (Fsp3) is 0.143. The smallest absolute Gasteiger partial charge is 0.255 e. The molecule has 1 aromatic carbocycles. The first-order valence-electron chi connectivity index (χ1n) is 8.80. The molecular weight excluding hydrogens is 357 g/mol. The van der Waals surface area contributed by atoms with E-state index in [1.165, 1.54) is 18.5 Å². The van der Waals surface area contributed by atoms with Crippen LogP contribution in [0, 0.1) is 5.82 Å². The predicted octanol–water partition coefficient (Wildman–Crippen LogP) is 3.76. The van der Waals surface area contributed by atoms with Crippen molar-refractivity contribution in [2.75, 3.05) is 7.05 Å². The Kier molecular flexibility index (Phi) is 4.57. The van der Waals surface area contributed by atoms with Gasteiger partial charge in [0, 0.05) is 31.2 Å². The predicted molar refractivity (Wildman–Crippen MR) is 103 cm³/mol. The summed E-state index contributed by atoms with van der Waals surface area (Å²) in [4.78, 5) is 27.2. The molecular formula is C21H18FN5O. The van der Waals surface area contributed by atoms with E-state index in [-0.39, 0.29) is 17.8 Å². The summed E-state index contributed by atoms with van der Waals surface area (Å²) in [6.45, 7) is 1.92. The molecule has 0 aliphatic carbocycles.